The Morgan fingerprint density at radius 1 is 1.12 bits per heavy atom. The molecular weight excluding hydrogens is 465 g/mol. The summed E-state index contributed by atoms with van der Waals surface area (Å²) in [5.41, 5.74) is 2.76. The Morgan fingerprint density at radius 3 is 2.48 bits per heavy atom. The fourth-order valence-electron chi connectivity index (χ4n) is 2.65. The molecule has 2 nitrogen and oxygen atoms in total. The molecule has 0 bridgehead atoms. The van der Waals surface area contributed by atoms with E-state index in [1.807, 2.05) is 48.4 Å². The monoisotopic (exact) mass is 481 g/mol. The molecule has 5 heteroatoms. The fourth-order valence-corrected chi connectivity index (χ4v) is 4.64. The van der Waals surface area contributed by atoms with Crippen LogP contribution in [0.25, 0.3) is 10.4 Å². The molecule has 0 unspecified atom stereocenters. The molecule has 1 heterocycles. The van der Waals surface area contributed by atoms with Gasteiger partial charge in [0.2, 0.25) is 0 Å². The summed E-state index contributed by atoms with van der Waals surface area (Å²) in [7, 11) is 0. The molecule has 0 fully saturated rings. The van der Waals surface area contributed by atoms with Gasteiger partial charge in [-0.25, -0.2) is 0 Å². The van der Waals surface area contributed by atoms with Crippen LogP contribution in [0.15, 0.2) is 60.0 Å². The summed E-state index contributed by atoms with van der Waals surface area (Å²) in [5.74, 6) is -0.00604. The number of carbonyl (C=O) groups is 1. The Kier molecular flexibility index (Phi) is 5.81. The van der Waals surface area contributed by atoms with Gasteiger partial charge in [0, 0.05) is 24.9 Å². The summed E-state index contributed by atoms with van der Waals surface area (Å²) in [6, 6.07) is 17.7. The Balaban J connectivity index is 1.97. The topological polar surface area (TPSA) is 20.3 Å². The minimum Gasteiger partial charge on any atom is -0.305 e. The summed E-state index contributed by atoms with van der Waals surface area (Å²) in [6.45, 7) is 4.06. The molecule has 0 saturated carbocycles. The molecule has 0 aliphatic carbocycles. The second-order valence-corrected chi connectivity index (χ2v) is 8.44. The average molecular weight is 482 g/mol. The van der Waals surface area contributed by atoms with E-state index in [0.717, 1.165) is 19.7 Å². The molecule has 0 saturated heterocycles. The van der Waals surface area contributed by atoms with Gasteiger partial charge in [0.25, 0.3) is 5.91 Å². The summed E-state index contributed by atoms with van der Waals surface area (Å²) in [5, 5.41) is 2.68. The van der Waals surface area contributed by atoms with Crippen molar-refractivity contribution in [1.29, 1.82) is 0 Å². The Bertz CT molecular complexity index is 892. The van der Waals surface area contributed by atoms with Gasteiger partial charge in [0.15, 0.2) is 0 Å². The third kappa shape index (κ3) is 4.07. The highest BCUT2D eigenvalue weighted by molar-refractivity contribution is 14.1. The number of hydrogen-bond donors (Lipinski definition) is 0. The van der Waals surface area contributed by atoms with E-state index in [9.17, 15) is 4.79 Å². The highest BCUT2D eigenvalue weighted by atomic mass is 127. The lowest BCUT2D eigenvalue weighted by atomic mass is 10.1. The predicted octanol–water partition coefficient (Wildman–Crippen LogP) is 6.73. The van der Waals surface area contributed by atoms with Gasteiger partial charge in [-0.3, -0.25) is 4.79 Å². The average Bonchev–Trinajstić information content (AvgIpc) is 3.05. The van der Waals surface area contributed by atoms with E-state index >= 15 is 0 Å². The van der Waals surface area contributed by atoms with E-state index in [4.69, 9.17) is 11.6 Å². The first-order valence-corrected chi connectivity index (χ1v) is 10.2. The Morgan fingerprint density at radius 2 is 1.84 bits per heavy atom. The molecule has 1 amide bonds. The highest BCUT2D eigenvalue weighted by Crippen LogP contribution is 2.33. The minimum atomic E-state index is -0.00604. The van der Waals surface area contributed by atoms with Gasteiger partial charge in [-0.1, -0.05) is 41.9 Å². The number of carbonyl (C=O) groups excluding carboxylic acids is 1. The van der Waals surface area contributed by atoms with Crippen LogP contribution >= 0.6 is 45.5 Å². The van der Waals surface area contributed by atoms with Crippen LogP contribution < -0.4 is 4.90 Å². The van der Waals surface area contributed by atoms with Gasteiger partial charge >= 0.3 is 0 Å². The number of rotatable bonds is 4. The fraction of sp³-hybridized carbons (Fsp3) is 0.150. The second kappa shape index (κ2) is 7.89. The molecule has 0 aliphatic rings. The van der Waals surface area contributed by atoms with Crippen molar-refractivity contribution in [3.8, 4) is 10.4 Å². The molecule has 0 N–H and O–H groups in total. The smallest absolute Gasteiger partial charge is 0.259 e. The summed E-state index contributed by atoms with van der Waals surface area (Å²) in [4.78, 5) is 16.1. The van der Waals surface area contributed by atoms with Crippen LogP contribution in [-0.2, 0) is 0 Å². The Hall–Kier alpha value is -1.37. The number of hydrogen-bond acceptors (Lipinski definition) is 2. The summed E-state index contributed by atoms with van der Waals surface area (Å²) in [6.07, 6.45) is 0. The van der Waals surface area contributed by atoms with Crippen molar-refractivity contribution in [2.24, 2.45) is 0 Å². The molecule has 0 radical (unpaired) electrons. The van der Waals surface area contributed by atoms with Crippen LogP contribution in [0.2, 0.25) is 5.02 Å². The maximum Gasteiger partial charge on any atom is 0.259 e. The molecule has 0 aliphatic heterocycles. The van der Waals surface area contributed by atoms with E-state index in [0.29, 0.717) is 10.6 Å². The van der Waals surface area contributed by atoms with E-state index in [-0.39, 0.29) is 11.9 Å². The second-order valence-electron chi connectivity index (χ2n) is 5.93. The molecule has 2 aromatic carbocycles. The maximum atomic E-state index is 13.1. The van der Waals surface area contributed by atoms with Crippen molar-refractivity contribution in [1.82, 2.24) is 0 Å². The third-order valence-corrected chi connectivity index (χ3v) is 5.91. The van der Waals surface area contributed by atoms with Crippen LogP contribution in [0, 0.1) is 3.57 Å². The molecule has 25 heavy (non-hydrogen) atoms. The van der Waals surface area contributed by atoms with Gasteiger partial charge in [-0.05, 0) is 66.3 Å². The van der Waals surface area contributed by atoms with Crippen LogP contribution in [0.5, 0.6) is 0 Å². The van der Waals surface area contributed by atoms with Gasteiger partial charge in [-0.15, -0.1) is 11.3 Å². The van der Waals surface area contributed by atoms with E-state index in [1.165, 1.54) is 0 Å². The SMILES string of the molecule is CC(C)N(C(=O)c1ccc(Cl)cc1I)c1csc(-c2ccccc2)c1. The minimum absolute atomic E-state index is 0.00604. The van der Waals surface area contributed by atoms with E-state index in [2.05, 4.69) is 40.8 Å². The summed E-state index contributed by atoms with van der Waals surface area (Å²) >= 11 is 9.84. The lowest BCUT2D eigenvalue weighted by molar-refractivity contribution is 0.0979. The first kappa shape index (κ1) is 18.4. The summed E-state index contributed by atoms with van der Waals surface area (Å²) < 4.78 is 0.860. The maximum absolute atomic E-state index is 13.1. The molecule has 0 spiro atoms. The van der Waals surface area contributed by atoms with Crippen molar-refractivity contribution >= 4 is 57.1 Å². The lowest BCUT2D eigenvalue weighted by Crippen LogP contribution is -2.37. The zero-order valence-corrected chi connectivity index (χ0v) is 17.6. The number of halogens is 2. The van der Waals surface area contributed by atoms with Gasteiger partial charge in [0.05, 0.1) is 11.3 Å². The number of amides is 1. The van der Waals surface area contributed by atoms with Crippen LogP contribution in [0.4, 0.5) is 5.69 Å². The predicted molar refractivity (Wildman–Crippen MR) is 116 cm³/mol. The third-order valence-electron chi connectivity index (χ3n) is 3.82. The van der Waals surface area contributed by atoms with Gasteiger partial charge in [0.1, 0.15) is 0 Å². The van der Waals surface area contributed by atoms with Crippen molar-refractivity contribution in [3.05, 3.63) is 74.1 Å². The molecule has 3 rings (SSSR count). The quantitative estimate of drug-likeness (QED) is 0.378. The highest BCUT2D eigenvalue weighted by Gasteiger charge is 2.23. The lowest BCUT2D eigenvalue weighted by Gasteiger charge is -2.26. The molecule has 0 atom stereocenters. The molecular formula is C20H17ClINOS. The first-order chi connectivity index (χ1) is 12.0. The number of thiophene rings is 1. The number of nitrogens with zero attached hydrogens (tertiary/aromatic N) is 1. The van der Waals surface area contributed by atoms with E-state index in [1.54, 1.807) is 23.5 Å². The molecule has 1 aromatic heterocycles. The normalized spacial score (nSPS) is 10.9. The Labute approximate surface area is 170 Å². The standard InChI is InChI=1S/C20H17ClINOS/c1-13(2)23(20(24)17-9-8-15(21)10-18(17)22)16-11-19(25-12-16)14-6-4-3-5-7-14/h3-13H,1-2H3. The van der Waals surface area contributed by atoms with Crippen LogP contribution in [0.3, 0.4) is 0 Å². The first-order valence-electron chi connectivity index (χ1n) is 7.90. The number of benzene rings is 2. The van der Waals surface area contributed by atoms with Crippen molar-refractivity contribution in [2.45, 2.75) is 19.9 Å². The molecule has 128 valence electrons. The van der Waals surface area contributed by atoms with Crippen LogP contribution in [0.1, 0.15) is 24.2 Å². The van der Waals surface area contributed by atoms with Crippen molar-refractivity contribution < 1.29 is 4.79 Å². The van der Waals surface area contributed by atoms with Crippen molar-refractivity contribution in [2.75, 3.05) is 4.90 Å². The van der Waals surface area contributed by atoms with Crippen molar-refractivity contribution in [3.63, 3.8) is 0 Å². The number of anilines is 1. The van der Waals surface area contributed by atoms with Gasteiger partial charge in [-0.2, -0.15) is 0 Å². The largest absolute Gasteiger partial charge is 0.305 e. The van der Waals surface area contributed by atoms with Crippen LogP contribution in [-0.4, -0.2) is 11.9 Å². The van der Waals surface area contributed by atoms with E-state index < -0.39 is 0 Å². The van der Waals surface area contributed by atoms with Gasteiger partial charge < -0.3 is 4.90 Å². The molecule has 3 aromatic rings. The zero-order chi connectivity index (χ0) is 18.0. The zero-order valence-electron chi connectivity index (χ0n) is 13.9.